The van der Waals surface area contributed by atoms with Gasteiger partial charge < -0.3 is 4.90 Å². The van der Waals surface area contributed by atoms with Gasteiger partial charge in [-0.25, -0.2) is 0 Å². The van der Waals surface area contributed by atoms with Crippen LogP contribution in [0.25, 0.3) is 0 Å². The second-order valence-electron chi connectivity index (χ2n) is 2.95. The Bertz CT molecular complexity index is 259. The van der Waals surface area contributed by atoms with Crippen LogP contribution in [0.2, 0.25) is 0 Å². The molecule has 2 aliphatic rings. The van der Waals surface area contributed by atoms with E-state index in [1.807, 2.05) is 24.6 Å². The summed E-state index contributed by atoms with van der Waals surface area (Å²) in [5, 5.41) is 0. The minimum absolute atomic E-state index is 0.896. The molecule has 0 atom stereocenters. The van der Waals surface area contributed by atoms with Crippen LogP contribution in [0.1, 0.15) is 20.3 Å². The maximum Gasteiger partial charge on any atom is 0.0595 e. The number of aliphatic imine (C=N–C) groups is 1. The van der Waals surface area contributed by atoms with Crippen LogP contribution in [-0.2, 0) is 0 Å². The molecule has 2 heterocycles. The van der Waals surface area contributed by atoms with E-state index in [-0.39, 0.29) is 0 Å². The average Bonchev–Trinajstić information content (AvgIpc) is 2.19. The largest absolute Gasteiger partial charge is 0.341 e. The van der Waals surface area contributed by atoms with Crippen molar-refractivity contribution in [3.8, 4) is 0 Å². The molecule has 0 spiro atoms. The van der Waals surface area contributed by atoms with Gasteiger partial charge in [-0.05, 0) is 12.2 Å². The quantitative estimate of drug-likeness (QED) is 0.554. The maximum absolute atomic E-state index is 4.05. The first-order valence-corrected chi connectivity index (χ1v) is 4.71. The van der Waals surface area contributed by atoms with Gasteiger partial charge in [0.2, 0.25) is 0 Å². The number of nitrogens with zero attached hydrogens (tertiary/aromatic N) is 2. The van der Waals surface area contributed by atoms with Gasteiger partial charge in [-0.1, -0.05) is 26.3 Å². The third-order valence-corrected chi connectivity index (χ3v) is 1.57. The van der Waals surface area contributed by atoms with Gasteiger partial charge in [0.25, 0.3) is 0 Å². The van der Waals surface area contributed by atoms with Crippen LogP contribution in [0, 0.1) is 0 Å². The first kappa shape index (κ1) is 9.78. The molecule has 0 saturated heterocycles. The molecule has 0 bridgehead atoms. The lowest BCUT2D eigenvalue weighted by Gasteiger charge is -2.22. The summed E-state index contributed by atoms with van der Waals surface area (Å²) in [7, 11) is 0. The van der Waals surface area contributed by atoms with Crippen LogP contribution in [0.5, 0.6) is 0 Å². The minimum atomic E-state index is 0.896. The van der Waals surface area contributed by atoms with Gasteiger partial charge in [0.15, 0.2) is 0 Å². The molecule has 0 aromatic rings. The molecule has 13 heavy (non-hydrogen) atoms. The monoisotopic (exact) mass is 176 g/mol. The summed E-state index contributed by atoms with van der Waals surface area (Å²) in [6.45, 7) is 5.15. The fraction of sp³-hybridized carbons (Fsp3) is 0.364. The van der Waals surface area contributed by atoms with Gasteiger partial charge in [-0.15, -0.1) is 0 Å². The Morgan fingerprint density at radius 2 is 2.15 bits per heavy atom. The summed E-state index contributed by atoms with van der Waals surface area (Å²) in [5.41, 5.74) is 1.17. The van der Waals surface area contributed by atoms with E-state index in [1.165, 1.54) is 12.1 Å². The van der Waals surface area contributed by atoms with Crippen molar-refractivity contribution in [2.45, 2.75) is 20.3 Å². The van der Waals surface area contributed by atoms with Crippen LogP contribution >= 0.6 is 0 Å². The van der Waals surface area contributed by atoms with Crippen molar-refractivity contribution < 1.29 is 0 Å². The molecule has 0 aliphatic carbocycles. The summed E-state index contributed by atoms with van der Waals surface area (Å²) < 4.78 is 0. The number of rotatable bonds is 0. The predicted octanol–water partition coefficient (Wildman–Crippen LogP) is 2.71. The van der Waals surface area contributed by atoms with Gasteiger partial charge in [0, 0.05) is 12.4 Å². The van der Waals surface area contributed by atoms with Gasteiger partial charge in [0.05, 0.1) is 18.4 Å². The Morgan fingerprint density at radius 3 is 2.85 bits per heavy atom. The summed E-state index contributed by atoms with van der Waals surface area (Å²) in [4.78, 5) is 6.19. The van der Waals surface area contributed by atoms with E-state index in [4.69, 9.17) is 0 Å². The third-order valence-electron chi connectivity index (χ3n) is 1.57. The van der Waals surface area contributed by atoms with Crippen LogP contribution < -0.4 is 0 Å². The summed E-state index contributed by atoms with van der Waals surface area (Å²) >= 11 is 0. The highest BCUT2D eigenvalue weighted by Crippen LogP contribution is 2.13. The molecule has 70 valence electrons. The SMILES string of the molecule is C1=CC2=CN=CCN2C=C1.CCC. The highest BCUT2D eigenvalue weighted by molar-refractivity contribution is 5.63. The zero-order valence-corrected chi connectivity index (χ0v) is 8.27. The summed E-state index contributed by atoms with van der Waals surface area (Å²) in [6, 6.07) is 0. The molecule has 0 saturated carbocycles. The molecule has 2 nitrogen and oxygen atoms in total. The van der Waals surface area contributed by atoms with E-state index in [0.717, 1.165) is 6.54 Å². The summed E-state index contributed by atoms with van der Waals surface area (Å²) in [6.07, 6.45) is 13.2. The van der Waals surface area contributed by atoms with E-state index in [1.54, 1.807) is 0 Å². The molecule has 2 heteroatoms. The first-order valence-electron chi connectivity index (χ1n) is 4.71. The molecule has 0 aromatic heterocycles. The highest BCUT2D eigenvalue weighted by Gasteiger charge is 2.06. The zero-order chi connectivity index (χ0) is 9.52. The molecule has 0 fully saturated rings. The maximum atomic E-state index is 4.05. The van der Waals surface area contributed by atoms with Crippen molar-refractivity contribution in [2.24, 2.45) is 4.99 Å². The molecule has 0 aromatic carbocycles. The van der Waals surface area contributed by atoms with Crippen molar-refractivity contribution in [2.75, 3.05) is 6.54 Å². The summed E-state index contributed by atoms with van der Waals surface area (Å²) in [5.74, 6) is 0. The Hall–Kier alpha value is -1.31. The van der Waals surface area contributed by atoms with E-state index in [2.05, 4.69) is 36.0 Å². The second-order valence-corrected chi connectivity index (χ2v) is 2.95. The Kier molecular flexibility index (Phi) is 4.03. The molecular weight excluding hydrogens is 160 g/mol. The molecule has 2 aliphatic heterocycles. The molecule has 0 unspecified atom stereocenters. The van der Waals surface area contributed by atoms with Crippen LogP contribution in [0.4, 0.5) is 0 Å². The normalized spacial score (nSPS) is 17.4. The van der Waals surface area contributed by atoms with Crippen molar-refractivity contribution in [1.82, 2.24) is 4.90 Å². The lowest BCUT2D eigenvalue weighted by atomic mass is 10.2. The number of allylic oxidation sites excluding steroid dienone is 3. The van der Waals surface area contributed by atoms with Crippen LogP contribution in [-0.4, -0.2) is 17.7 Å². The highest BCUT2D eigenvalue weighted by atomic mass is 15.1. The standard InChI is InChI=1S/C8H8N2.C3H8/c1-2-5-10-6-4-9-7-8(10)3-1;1-3-2/h1-5,7H,6H2;3H2,1-2H3. The van der Waals surface area contributed by atoms with E-state index in [9.17, 15) is 0 Å². The van der Waals surface area contributed by atoms with Gasteiger partial charge >= 0.3 is 0 Å². The van der Waals surface area contributed by atoms with Crippen molar-refractivity contribution in [3.63, 3.8) is 0 Å². The van der Waals surface area contributed by atoms with Crippen LogP contribution in [0.3, 0.4) is 0 Å². The van der Waals surface area contributed by atoms with Crippen molar-refractivity contribution in [3.05, 3.63) is 36.3 Å². The van der Waals surface area contributed by atoms with E-state index < -0.39 is 0 Å². The fourth-order valence-electron chi connectivity index (χ4n) is 1.04. The minimum Gasteiger partial charge on any atom is -0.341 e. The third kappa shape index (κ3) is 2.90. The molecule has 2 rings (SSSR count). The molecule has 0 N–H and O–H groups in total. The first-order chi connectivity index (χ1) is 6.38. The zero-order valence-electron chi connectivity index (χ0n) is 8.27. The fourth-order valence-corrected chi connectivity index (χ4v) is 1.04. The number of fused-ring (bicyclic) bond motifs is 1. The van der Waals surface area contributed by atoms with E-state index >= 15 is 0 Å². The Morgan fingerprint density at radius 1 is 1.38 bits per heavy atom. The predicted molar refractivity (Wildman–Crippen MR) is 57.5 cm³/mol. The van der Waals surface area contributed by atoms with E-state index in [0.29, 0.717) is 0 Å². The van der Waals surface area contributed by atoms with Gasteiger partial charge in [0.1, 0.15) is 0 Å². The topological polar surface area (TPSA) is 15.6 Å². The lowest BCUT2D eigenvalue weighted by molar-refractivity contribution is 0.540. The lowest BCUT2D eigenvalue weighted by Crippen LogP contribution is -2.21. The Labute approximate surface area is 80.0 Å². The van der Waals surface area contributed by atoms with Crippen molar-refractivity contribution in [1.29, 1.82) is 0 Å². The van der Waals surface area contributed by atoms with Gasteiger partial charge in [-0.2, -0.15) is 0 Å². The average molecular weight is 176 g/mol. The smallest absolute Gasteiger partial charge is 0.0595 e. The number of hydrogen-bond donors (Lipinski definition) is 0. The molecule has 0 radical (unpaired) electrons. The second kappa shape index (κ2) is 5.36. The van der Waals surface area contributed by atoms with Crippen LogP contribution in [0.15, 0.2) is 41.3 Å². The Balaban J connectivity index is 0.000000251. The van der Waals surface area contributed by atoms with Crippen molar-refractivity contribution >= 4 is 6.21 Å². The molecular formula is C11H16N2. The number of hydrogen-bond acceptors (Lipinski definition) is 2. The molecule has 0 amide bonds. The van der Waals surface area contributed by atoms with Gasteiger partial charge in [-0.3, -0.25) is 4.99 Å².